The summed E-state index contributed by atoms with van der Waals surface area (Å²) in [5, 5.41) is 17.5. The van der Waals surface area contributed by atoms with Gasteiger partial charge >= 0.3 is 5.69 Å². The lowest BCUT2D eigenvalue weighted by Crippen LogP contribution is -2.36. The number of carbonyl (C=O) groups excluding carboxylic acids is 1. The molecule has 2 aromatic rings. The quantitative estimate of drug-likeness (QED) is 0.616. The molecular weight excluding hydrogens is 327 g/mol. The predicted octanol–water partition coefficient (Wildman–Crippen LogP) is 2.98. The first kappa shape index (κ1) is 17.1. The third kappa shape index (κ3) is 4.20. The van der Waals surface area contributed by atoms with Crippen LogP contribution >= 0.6 is 0 Å². The van der Waals surface area contributed by atoms with Gasteiger partial charge in [0.1, 0.15) is 18.2 Å². The minimum atomic E-state index is -0.523. The van der Waals surface area contributed by atoms with E-state index < -0.39 is 4.92 Å². The van der Waals surface area contributed by atoms with Gasteiger partial charge in [0.2, 0.25) is 5.91 Å². The summed E-state index contributed by atoms with van der Waals surface area (Å²) in [6.07, 6.45) is 5.84. The third-order valence-corrected chi connectivity index (χ3v) is 4.57. The molecule has 1 heterocycles. The van der Waals surface area contributed by atoms with Gasteiger partial charge in [0, 0.05) is 13.0 Å². The molecule has 8 heteroatoms. The zero-order valence-corrected chi connectivity index (χ0v) is 13.6. The number of aromatic nitrogens is 2. The Labute approximate surface area is 144 Å². The van der Waals surface area contributed by atoms with Gasteiger partial charge in [0.05, 0.1) is 11.0 Å². The van der Waals surface area contributed by atoms with Crippen molar-refractivity contribution in [2.75, 3.05) is 0 Å². The van der Waals surface area contributed by atoms with Crippen molar-refractivity contribution in [1.82, 2.24) is 15.1 Å². The first-order chi connectivity index (χ1) is 12.0. The molecule has 25 heavy (non-hydrogen) atoms. The molecule has 0 aliphatic heterocycles. The number of carbonyl (C=O) groups is 1. The maximum atomic E-state index is 13.1. The van der Waals surface area contributed by atoms with Crippen molar-refractivity contribution in [1.29, 1.82) is 0 Å². The lowest BCUT2D eigenvalue weighted by molar-refractivity contribution is -0.385. The molecule has 1 aliphatic carbocycles. The fourth-order valence-electron chi connectivity index (χ4n) is 2.95. The molecule has 0 spiro atoms. The van der Waals surface area contributed by atoms with Crippen molar-refractivity contribution >= 4 is 11.6 Å². The van der Waals surface area contributed by atoms with Crippen LogP contribution in [0.25, 0.3) is 0 Å². The highest BCUT2D eigenvalue weighted by molar-refractivity contribution is 5.76. The molecule has 1 N–H and O–H groups in total. The molecule has 0 radical (unpaired) electrons. The van der Waals surface area contributed by atoms with E-state index in [0.717, 1.165) is 31.0 Å². The highest BCUT2D eigenvalue weighted by atomic mass is 19.1. The van der Waals surface area contributed by atoms with Crippen LogP contribution in [0.2, 0.25) is 0 Å². The van der Waals surface area contributed by atoms with Gasteiger partial charge in [-0.15, -0.1) is 0 Å². The SMILES string of the molecule is O=C(CCn1cc([N+](=O)[O-])cn1)NC(c1ccc(F)cc1)C1CCC1. The number of nitrogens with one attached hydrogen (secondary N) is 1. The Hall–Kier alpha value is -2.77. The average Bonchev–Trinajstić information content (AvgIpc) is 3.01. The van der Waals surface area contributed by atoms with Gasteiger partial charge in [-0.1, -0.05) is 18.6 Å². The summed E-state index contributed by atoms with van der Waals surface area (Å²) in [7, 11) is 0. The van der Waals surface area contributed by atoms with Gasteiger partial charge in [-0.2, -0.15) is 5.10 Å². The lowest BCUT2D eigenvalue weighted by atomic mass is 9.77. The van der Waals surface area contributed by atoms with E-state index >= 15 is 0 Å². The topological polar surface area (TPSA) is 90.1 Å². The molecule has 1 aromatic carbocycles. The monoisotopic (exact) mass is 346 g/mol. The molecule has 3 rings (SSSR count). The van der Waals surface area contributed by atoms with Crippen LogP contribution in [0.15, 0.2) is 36.7 Å². The summed E-state index contributed by atoms with van der Waals surface area (Å²) in [5.74, 6) is -0.0951. The molecule has 132 valence electrons. The molecule has 7 nitrogen and oxygen atoms in total. The summed E-state index contributed by atoms with van der Waals surface area (Å²) in [6, 6.07) is 6.07. The molecule has 1 aromatic heterocycles. The van der Waals surface area contributed by atoms with Crippen LogP contribution in [-0.4, -0.2) is 20.6 Å². The second kappa shape index (κ2) is 7.42. The summed E-state index contributed by atoms with van der Waals surface area (Å²) < 4.78 is 14.5. The van der Waals surface area contributed by atoms with E-state index in [2.05, 4.69) is 10.4 Å². The Bertz CT molecular complexity index is 756. The number of nitro groups is 1. The summed E-state index contributed by atoms with van der Waals surface area (Å²) in [6.45, 7) is 0.264. The van der Waals surface area contributed by atoms with Crippen molar-refractivity contribution in [3.05, 3.63) is 58.2 Å². The molecule has 0 saturated heterocycles. The van der Waals surface area contributed by atoms with Crippen LogP contribution < -0.4 is 5.32 Å². The normalized spacial score (nSPS) is 15.4. The van der Waals surface area contributed by atoms with E-state index in [-0.39, 0.29) is 36.4 Å². The molecule has 1 unspecified atom stereocenters. The second-order valence-electron chi connectivity index (χ2n) is 6.26. The van der Waals surface area contributed by atoms with Crippen molar-refractivity contribution in [2.24, 2.45) is 5.92 Å². The van der Waals surface area contributed by atoms with Crippen LogP contribution in [0.5, 0.6) is 0 Å². The second-order valence-corrected chi connectivity index (χ2v) is 6.26. The van der Waals surface area contributed by atoms with Crippen molar-refractivity contribution in [3.63, 3.8) is 0 Å². The van der Waals surface area contributed by atoms with Gasteiger partial charge in [0.25, 0.3) is 0 Å². The zero-order chi connectivity index (χ0) is 17.8. The van der Waals surface area contributed by atoms with Crippen molar-refractivity contribution in [2.45, 2.75) is 38.3 Å². The smallest absolute Gasteiger partial charge is 0.306 e. The fourth-order valence-corrected chi connectivity index (χ4v) is 2.95. The molecule has 0 bridgehead atoms. The minimum Gasteiger partial charge on any atom is -0.349 e. The van der Waals surface area contributed by atoms with E-state index in [1.165, 1.54) is 23.0 Å². The zero-order valence-electron chi connectivity index (χ0n) is 13.6. The predicted molar refractivity (Wildman–Crippen MR) is 88.1 cm³/mol. The van der Waals surface area contributed by atoms with E-state index in [1.54, 1.807) is 12.1 Å². The van der Waals surface area contributed by atoms with Gasteiger partial charge in [-0.25, -0.2) is 4.39 Å². The van der Waals surface area contributed by atoms with Crippen LogP contribution in [0.3, 0.4) is 0 Å². The van der Waals surface area contributed by atoms with Gasteiger partial charge in [-0.05, 0) is 36.5 Å². The number of rotatable bonds is 7. The summed E-state index contributed by atoms with van der Waals surface area (Å²) in [4.78, 5) is 22.4. The van der Waals surface area contributed by atoms with E-state index in [4.69, 9.17) is 0 Å². The van der Waals surface area contributed by atoms with E-state index in [9.17, 15) is 19.3 Å². The molecule has 1 amide bonds. The number of nitrogens with zero attached hydrogens (tertiary/aromatic N) is 3. The number of aryl methyl sites for hydroxylation is 1. The van der Waals surface area contributed by atoms with Gasteiger partial charge in [-0.3, -0.25) is 19.6 Å². The van der Waals surface area contributed by atoms with Crippen molar-refractivity contribution in [3.8, 4) is 0 Å². The Morgan fingerprint density at radius 1 is 1.40 bits per heavy atom. The Morgan fingerprint density at radius 3 is 2.68 bits per heavy atom. The first-order valence-electron chi connectivity index (χ1n) is 8.24. The van der Waals surface area contributed by atoms with Crippen LogP contribution in [0.1, 0.15) is 37.3 Å². The fraction of sp³-hybridized carbons (Fsp3) is 0.412. The Kier molecular flexibility index (Phi) is 5.06. The average molecular weight is 346 g/mol. The summed E-state index contributed by atoms with van der Waals surface area (Å²) >= 11 is 0. The lowest BCUT2D eigenvalue weighted by Gasteiger charge is -2.34. The molecule has 1 aliphatic rings. The van der Waals surface area contributed by atoms with Gasteiger partial charge < -0.3 is 5.32 Å². The number of amides is 1. The van der Waals surface area contributed by atoms with Crippen LogP contribution in [0, 0.1) is 21.8 Å². The molecular formula is C17H19FN4O3. The highest BCUT2D eigenvalue weighted by Gasteiger charge is 2.29. The Balaban J connectivity index is 1.60. The van der Waals surface area contributed by atoms with Crippen molar-refractivity contribution < 1.29 is 14.1 Å². The number of benzene rings is 1. The minimum absolute atomic E-state index is 0.0981. The van der Waals surface area contributed by atoms with Crippen LogP contribution in [-0.2, 0) is 11.3 Å². The number of halogens is 1. The van der Waals surface area contributed by atoms with E-state index in [0.29, 0.717) is 5.92 Å². The first-order valence-corrected chi connectivity index (χ1v) is 8.24. The largest absolute Gasteiger partial charge is 0.349 e. The van der Waals surface area contributed by atoms with Crippen LogP contribution in [0.4, 0.5) is 10.1 Å². The maximum absolute atomic E-state index is 13.1. The summed E-state index contributed by atoms with van der Waals surface area (Å²) in [5.41, 5.74) is 0.799. The van der Waals surface area contributed by atoms with Gasteiger partial charge in [0.15, 0.2) is 0 Å². The molecule has 1 saturated carbocycles. The number of hydrogen-bond donors (Lipinski definition) is 1. The standard InChI is InChI=1S/C17H19FN4O3/c18-14-6-4-13(5-7-14)17(12-2-1-3-12)20-16(23)8-9-21-11-15(10-19-21)22(24)25/h4-7,10-12,17H,1-3,8-9H2,(H,20,23). The highest BCUT2D eigenvalue weighted by Crippen LogP contribution is 2.37. The van der Waals surface area contributed by atoms with E-state index in [1.807, 2.05) is 0 Å². The number of hydrogen-bond acceptors (Lipinski definition) is 4. The molecule has 1 fully saturated rings. The Morgan fingerprint density at radius 2 is 2.12 bits per heavy atom. The maximum Gasteiger partial charge on any atom is 0.306 e. The third-order valence-electron chi connectivity index (χ3n) is 4.57. The molecule has 1 atom stereocenters.